The maximum absolute atomic E-state index is 13.0. The van der Waals surface area contributed by atoms with Gasteiger partial charge in [0.15, 0.2) is 0 Å². The van der Waals surface area contributed by atoms with Crippen LogP contribution in [-0.2, 0) is 22.6 Å². The quantitative estimate of drug-likeness (QED) is 0.399. The van der Waals surface area contributed by atoms with Gasteiger partial charge in [0, 0.05) is 18.7 Å². The zero-order chi connectivity index (χ0) is 23.9. The van der Waals surface area contributed by atoms with Crippen molar-refractivity contribution in [1.29, 1.82) is 0 Å². The van der Waals surface area contributed by atoms with E-state index in [1.54, 1.807) is 35.4 Å². The standard InChI is InChI=1S/C27H26FN3O3/c1-2-19-5-11-24(12-6-19)31-17-22(15-26(31)32)27(33)30-29-16-20-7-13-25(14-8-20)34-18-21-3-9-23(28)10-4-21/h3-14,16,22H,2,15,17-18H2,1H3,(H,30,33)/b29-16+/t22-/m0/s1. The van der Waals surface area contributed by atoms with Gasteiger partial charge in [-0.15, -0.1) is 0 Å². The lowest BCUT2D eigenvalue weighted by Gasteiger charge is -2.16. The molecular formula is C27H26FN3O3. The number of ether oxygens (including phenoxy) is 1. The van der Waals surface area contributed by atoms with Crippen LogP contribution in [0.1, 0.15) is 30.0 Å². The predicted molar refractivity (Wildman–Crippen MR) is 129 cm³/mol. The van der Waals surface area contributed by atoms with Crippen LogP contribution in [0.15, 0.2) is 77.9 Å². The normalized spacial score (nSPS) is 15.6. The van der Waals surface area contributed by atoms with Crippen molar-refractivity contribution in [2.45, 2.75) is 26.4 Å². The monoisotopic (exact) mass is 459 g/mol. The van der Waals surface area contributed by atoms with Crippen LogP contribution in [-0.4, -0.2) is 24.6 Å². The summed E-state index contributed by atoms with van der Waals surface area (Å²) in [7, 11) is 0. The number of carbonyl (C=O) groups excluding carboxylic acids is 2. The third-order valence-electron chi connectivity index (χ3n) is 5.74. The number of halogens is 1. The van der Waals surface area contributed by atoms with Gasteiger partial charge in [-0.1, -0.05) is 31.2 Å². The molecule has 3 aromatic rings. The second-order valence-corrected chi connectivity index (χ2v) is 8.14. The summed E-state index contributed by atoms with van der Waals surface area (Å²) in [6.07, 6.45) is 2.64. The summed E-state index contributed by atoms with van der Waals surface area (Å²) in [5, 5.41) is 4.03. The number of anilines is 1. The smallest absolute Gasteiger partial charge is 0.245 e. The zero-order valence-corrected chi connectivity index (χ0v) is 18.9. The lowest BCUT2D eigenvalue weighted by atomic mass is 10.1. The molecule has 7 heteroatoms. The maximum atomic E-state index is 13.0. The fourth-order valence-corrected chi connectivity index (χ4v) is 3.70. The highest BCUT2D eigenvalue weighted by atomic mass is 19.1. The van der Waals surface area contributed by atoms with Crippen molar-refractivity contribution in [1.82, 2.24) is 5.43 Å². The Kier molecular flexibility index (Phi) is 7.32. The molecule has 34 heavy (non-hydrogen) atoms. The summed E-state index contributed by atoms with van der Waals surface area (Å²) in [6, 6.07) is 21.2. The molecule has 1 heterocycles. The third-order valence-corrected chi connectivity index (χ3v) is 5.74. The molecule has 0 aliphatic carbocycles. The molecule has 0 unspecified atom stereocenters. The van der Waals surface area contributed by atoms with Gasteiger partial charge in [0.1, 0.15) is 18.2 Å². The van der Waals surface area contributed by atoms with Crippen molar-refractivity contribution in [3.05, 3.63) is 95.3 Å². The maximum Gasteiger partial charge on any atom is 0.245 e. The molecule has 2 amide bonds. The number of hydrogen-bond donors (Lipinski definition) is 1. The Morgan fingerprint density at radius 1 is 1.06 bits per heavy atom. The van der Waals surface area contributed by atoms with E-state index in [1.807, 2.05) is 36.4 Å². The van der Waals surface area contributed by atoms with Crippen LogP contribution >= 0.6 is 0 Å². The molecule has 1 saturated heterocycles. The summed E-state index contributed by atoms with van der Waals surface area (Å²) < 4.78 is 18.7. The molecule has 1 fully saturated rings. The highest BCUT2D eigenvalue weighted by Gasteiger charge is 2.35. The minimum Gasteiger partial charge on any atom is -0.489 e. The average Bonchev–Trinajstić information content (AvgIpc) is 3.26. The van der Waals surface area contributed by atoms with Gasteiger partial charge < -0.3 is 9.64 Å². The highest BCUT2D eigenvalue weighted by molar-refractivity contribution is 6.00. The van der Waals surface area contributed by atoms with Crippen molar-refractivity contribution >= 4 is 23.7 Å². The molecule has 174 valence electrons. The fourth-order valence-electron chi connectivity index (χ4n) is 3.70. The number of nitrogens with zero attached hydrogens (tertiary/aromatic N) is 2. The van der Waals surface area contributed by atoms with Gasteiger partial charge in [-0.25, -0.2) is 9.82 Å². The molecule has 0 aromatic heterocycles. The van der Waals surface area contributed by atoms with E-state index in [9.17, 15) is 14.0 Å². The van der Waals surface area contributed by atoms with Gasteiger partial charge in [-0.2, -0.15) is 5.10 Å². The Balaban J connectivity index is 1.26. The predicted octanol–water partition coefficient (Wildman–Crippen LogP) is 4.47. The van der Waals surface area contributed by atoms with Crippen molar-refractivity contribution in [3.63, 3.8) is 0 Å². The molecule has 0 saturated carbocycles. The first-order chi connectivity index (χ1) is 16.5. The third kappa shape index (κ3) is 5.86. The first-order valence-electron chi connectivity index (χ1n) is 11.2. The van der Waals surface area contributed by atoms with Gasteiger partial charge in [0.05, 0.1) is 12.1 Å². The Hall–Kier alpha value is -4.00. The average molecular weight is 460 g/mol. The van der Waals surface area contributed by atoms with Crippen LogP contribution in [0.4, 0.5) is 10.1 Å². The van der Waals surface area contributed by atoms with E-state index in [0.29, 0.717) is 18.9 Å². The van der Waals surface area contributed by atoms with Crippen LogP contribution in [0.5, 0.6) is 5.75 Å². The minimum absolute atomic E-state index is 0.0652. The Labute approximate surface area is 198 Å². The van der Waals surface area contributed by atoms with E-state index >= 15 is 0 Å². The van der Waals surface area contributed by atoms with Crippen LogP contribution in [0.25, 0.3) is 0 Å². The lowest BCUT2D eigenvalue weighted by molar-refractivity contribution is -0.126. The number of nitrogens with one attached hydrogen (secondary N) is 1. The molecule has 3 aromatic carbocycles. The van der Waals surface area contributed by atoms with E-state index in [4.69, 9.17) is 4.74 Å². The lowest BCUT2D eigenvalue weighted by Crippen LogP contribution is -2.30. The van der Waals surface area contributed by atoms with E-state index in [2.05, 4.69) is 17.5 Å². The van der Waals surface area contributed by atoms with Gasteiger partial charge in [0.25, 0.3) is 0 Å². The molecule has 1 atom stereocenters. The number of hydrazone groups is 1. The molecule has 1 aliphatic rings. The number of amides is 2. The minimum atomic E-state index is -0.447. The largest absolute Gasteiger partial charge is 0.489 e. The van der Waals surface area contributed by atoms with Crippen molar-refractivity contribution in [2.75, 3.05) is 11.4 Å². The van der Waals surface area contributed by atoms with Gasteiger partial charge in [-0.3, -0.25) is 9.59 Å². The summed E-state index contributed by atoms with van der Waals surface area (Å²) in [6.45, 7) is 2.75. The molecule has 4 rings (SSSR count). The summed E-state index contributed by atoms with van der Waals surface area (Å²) in [5.74, 6) is -0.404. The first kappa shape index (κ1) is 23.2. The van der Waals surface area contributed by atoms with Crippen LogP contribution in [0, 0.1) is 11.7 Å². The Morgan fingerprint density at radius 3 is 2.41 bits per heavy atom. The summed E-state index contributed by atoms with van der Waals surface area (Å²) in [4.78, 5) is 26.6. The number of aryl methyl sites for hydroxylation is 1. The fraction of sp³-hybridized carbons (Fsp3) is 0.222. The molecule has 1 aliphatic heterocycles. The topological polar surface area (TPSA) is 71.0 Å². The van der Waals surface area contributed by atoms with Crippen LogP contribution in [0.3, 0.4) is 0 Å². The number of carbonyl (C=O) groups is 2. The van der Waals surface area contributed by atoms with Crippen LogP contribution < -0.4 is 15.1 Å². The van der Waals surface area contributed by atoms with Gasteiger partial charge >= 0.3 is 0 Å². The van der Waals surface area contributed by atoms with E-state index < -0.39 is 5.92 Å². The SMILES string of the molecule is CCc1ccc(N2C[C@@H](C(=O)N/N=C/c3ccc(OCc4ccc(F)cc4)cc3)CC2=O)cc1. The number of rotatable bonds is 8. The summed E-state index contributed by atoms with van der Waals surface area (Å²) >= 11 is 0. The van der Waals surface area contributed by atoms with Gasteiger partial charge in [-0.05, 0) is 71.6 Å². The van der Waals surface area contributed by atoms with Crippen molar-refractivity contribution in [2.24, 2.45) is 11.0 Å². The Bertz CT molecular complexity index is 1160. The second-order valence-electron chi connectivity index (χ2n) is 8.14. The van der Waals surface area contributed by atoms with Crippen molar-refractivity contribution < 1.29 is 18.7 Å². The van der Waals surface area contributed by atoms with E-state index in [1.165, 1.54) is 17.7 Å². The molecule has 0 bridgehead atoms. The molecule has 0 radical (unpaired) electrons. The van der Waals surface area contributed by atoms with E-state index in [0.717, 1.165) is 23.2 Å². The van der Waals surface area contributed by atoms with Crippen molar-refractivity contribution in [3.8, 4) is 5.75 Å². The highest BCUT2D eigenvalue weighted by Crippen LogP contribution is 2.25. The molecule has 1 N–H and O–H groups in total. The Morgan fingerprint density at radius 2 is 1.74 bits per heavy atom. The van der Waals surface area contributed by atoms with E-state index in [-0.39, 0.29) is 24.1 Å². The summed E-state index contributed by atoms with van der Waals surface area (Å²) in [5.41, 5.74) is 6.21. The zero-order valence-electron chi connectivity index (χ0n) is 18.9. The van der Waals surface area contributed by atoms with Crippen LogP contribution in [0.2, 0.25) is 0 Å². The number of benzene rings is 3. The molecule has 0 spiro atoms. The number of hydrogen-bond acceptors (Lipinski definition) is 4. The second kappa shape index (κ2) is 10.7. The molecule has 6 nitrogen and oxygen atoms in total. The van der Waals surface area contributed by atoms with Gasteiger partial charge in [0.2, 0.25) is 11.8 Å². The molecular weight excluding hydrogens is 433 g/mol. The first-order valence-corrected chi connectivity index (χ1v) is 11.2.